The molecule has 0 aromatic heterocycles. The molecule has 0 unspecified atom stereocenters. The van der Waals surface area contributed by atoms with Crippen molar-refractivity contribution in [2.24, 2.45) is 22.7 Å². The lowest BCUT2D eigenvalue weighted by Crippen LogP contribution is -2.32. The van der Waals surface area contributed by atoms with Crippen LogP contribution in [0.4, 0.5) is 0 Å². The summed E-state index contributed by atoms with van der Waals surface area (Å²) in [5.41, 5.74) is 4.02. The molecule has 3 rings (SSSR count). The van der Waals surface area contributed by atoms with Crippen molar-refractivity contribution in [3.63, 3.8) is 0 Å². The first kappa shape index (κ1) is 30.2. The van der Waals surface area contributed by atoms with E-state index in [1.54, 1.807) is 0 Å². The predicted molar refractivity (Wildman–Crippen MR) is 153 cm³/mol. The van der Waals surface area contributed by atoms with Crippen molar-refractivity contribution in [2.75, 3.05) is 6.54 Å². The number of allylic oxidation sites excluding steroid dienone is 7. The van der Waals surface area contributed by atoms with Gasteiger partial charge in [-0.15, -0.1) is 0 Å². The van der Waals surface area contributed by atoms with Crippen LogP contribution < -0.4 is 5.32 Å². The Morgan fingerprint density at radius 3 is 1.93 bits per heavy atom. The van der Waals surface area contributed by atoms with E-state index in [1.165, 1.54) is 0 Å². The quantitative estimate of drug-likeness (QED) is 0.276. The third kappa shape index (κ3) is 7.01. The van der Waals surface area contributed by atoms with E-state index in [2.05, 4.69) is 53.6 Å². The summed E-state index contributed by atoms with van der Waals surface area (Å²) in [5.74, 6) is 1.08. The van der Waals surface area contributed by atoms with Gasteiger partial charge in [0, 0.05) is 12.2 Å². The minimum Gasteiger partial charge on any atom is -0.387 e. The van der Waals surface area contributed by atoms with Crippen LogP contribution in [-0.4, -0.2) is 6.54 Å². The molecule has 3 aliphatic rings. The highest BCUT2D eigenvalue weighted by atomic mass is 14.9. The fourth-order valence-corrected chi connectivity index (χ4v) is 6.61. The van der Waals surface area contributed by atoms with Crippen molar-refractivity contribution in [3.8, 4) is 18.2 Å². The lowest BCUT2D eigenvalue weighted by Gasteiger charge is -2.36. The average Bonchev–Trinajstić information content (AvgIpc) is 2.91. The van der Waals surface area contributed by atoms with Crippen molar-refractivity contribution in [2.45, 2.75) is 91.9 Å². The van der Waals surface area contributed by atoms with Gasteiger partial charge in [0.2, 0.25) is 0 Å². The topological polar surface area (TPSA) is 96.5 Å². The minimum atomic E-state index is -0.132. The first-order valence-electron chi connectivity index (χ1n) is 14.0. The van der Waals surface area contributed by atoms with Gasteiger partial charge in [0.25, 0.3) is 11.4 Å². The van der Waals surface area contributed by atoms with Crippen molar-refractivity contribution in [1.29, 1.82) is 15.8 Å². The van der Waals surface area contributed by atoms with Crippen LogP contribution in [0.2, 0.25) is 0 Å². The fourth-order valence-electron chi connectivity index (χ4n) is 6.61. The lowest BCUT2D eigenvalue weighted by molar-refractivity contribution is 0.254. The Labute approximate surface area is 239 Å². The largest absolute Gasteiger partial charge is 0.387 e. The molecule has 0 radical (unpaired) electrons. The van der Waals surface area contributed by atoms with Gasteiger partial charge in [-0.2, -0.15) is 5.26 Å². The third-order valence-corrected chi connectivity index (χ3v) is 8.54. The molecule has 0 atom stereocenters. The molecular formula is C33H37N7. The Morgan fingerprint density at radius 1 is 0.825 bits per heavy atom. The first-order chi connectivity index (χ1) is 19.0. The molecular weight excluding hydrogens is 494 g/mol. The molecule has 204 valence electrons. The maximum absolute atomic E-state index is 9.87. The van der Waals surface area contributed by atoms with E-state index in [0.717, 1.165) is 69.2 Å². The summed E-state index contributed by atoms with van der Waals surface area (Å²) in [6.07, 6.45) is 8.93. The van der Waals surface area contributed by atoms with Crippen LogP contribution in [0.15, 0.2) is 45.1 Å². The second-order valence-corrected chi connectivity index (χ2v) is 13.0. The molecule has 0 aliphatic heterocycles. The van der Waals surface area contributed by atoms with Gasteiger partial charge in [-0.1, -0.05) is 46.1 Å². The van der Waals surface area contributed by atoms with Crippen molar-refractivity contribution >= 4 is 0 Å². The lowest BCUT2D eigenvalue weighted by atomic mass is 9.71. The van der Waals surface area contributed by atoms with Crippen LogP contribution in [-0.2, 0) is 0 Å². The van der Waals surface area contributed by atoms with Gasteiger partial charge >= 0.3 is 0 Å². The number of nitrogens with one attached hydrogen (secondary N) is 1. The molecule has 0 saturated heterocycles. The molecule has 7 nitrogen and oxygen atoms in total. The molecule has 7 heteroatoms. The zero-order valence-electron chi connectivity index (χ0n) is 24.1. The summed E-state index contributed by atoms with van der Waals surface area (Å²) >= 11 is 0. The summed E-state index contributed by atoms with van der Waals surface area (Å²) in [6.45, 7) is 31.8. The minimum absolute atomic E-state index is 0.0162. The standard InChI is InChI=1S/C33H37N7/c1-32(2)14-24(31(39-7)26(16-32)30(20-36)38-6)13-12-22-8-10-23(11-9-22)21-40-28-17-33(3,4)15-25(27(28)18-34)29(19-35)37-5/h22-23,40H,8-17,21H2,1-4H3/b29-25+,30-26-. The summed E-state index contributed by atoms with van der Waals surface area (Å²) in [4.78, 5) is 10.6. The molecule has 40 heavy (non-hydrogen) atoms. The molecule has 0 aromatic carbocycles. The molecule has 3 aliphatic carbocycles. The van der Waals surface area contributed by atoms with E-state index in [9.17, 15) is 15.8 Å². The predicted octanol–water partition coefficient (Wildman–Crippen LogP) is 8.15. The van der Waals surface area contributed by atoms with Crippen molar-refractivity contribution in [3.05, 3.63) is 79.3 Å². The van der Waals surface area contributed by atoms with Crippen LogP contribution in [0.3, 0.4) is 0 Å². The number of nitriles is 3. The van der Waals surface area contributed by atoms with Crippen LogP contribution in [0.25, 0.3) is 14.5 Å². The molecule has 1 fully saturated rings. The fraction of sp³-hybridized carbons (Fsp3) is 0.576. The van der Waals surface area contributed by atoms with Gasteiger partial charge in [-0.25, -0.2) is 25.1 Å². The Bertz CT molecular complexity index is 1270. The summed E-state index contributed by atoms with van der Waals surface area (Å²) in [6, 6.07) is 6.25. The van der Waals surface area contributed by atoms with E-state index < -0.39 is 0 Å². The first-order valence-corrected chi connectivity index (χ1v) is 14.0. The Morgan fingerprint density at radius 2 is 1.38 bits per heavy atom. The smallest absolute Gasteiger partial charge is 0.266 e. The van der Waals surface area contributed by atoms with Crippen LogP contribution in [0.5, 0.6) is 0 Å². The summed E-state index contributed by atoms with van der Waals surface area (Å²) in [5, 5.41) is 32.3. The number of nitrogens with zero attached hydrogens (tertiary/aromatic N) is 6. The highest BCUT2D eigenvalue weighted by Gasteiger charge is 2.34. The number of rotatable bonds is 6. The maximum atomic E-state index is 9.87. The highest BCUT2D eigenvalue weighted by Crippen LogP contribution is 2.46. The number of hydrogen-bond donors (Lipinski definition) is 1. The van der Waals surface area contributed by atoms with Crippen molar-refractivity contribution < 1.29 is 0 Å². The second kappa shape index (κ2) is 12.7. The maximum Gasteiger partial charge on any atom is 0.266 e. The monoisotopic (exact) mass is 531 g/mol. The molecule has 1 saturated carbocycles. The Hall–Kier alpha value is -4.30. The van der Waals surface area contributed by atoms with Gasteiger partial charge in [0.15, 0.2) is 5.70 Å². The molecule has 0 heterocycles. The highest BCUT2D eigenvalue weighted by molar-refractivity contribution is 5.55. The zero-order chi connectivity index (χ0) is 29.5. The average molecular weight is 532 g/mol. The van der Waals surface area contributed by atoms with Crippen molar-refractivity contribution in [1.82, 2.24) is 5.32 Å². The van der Waals surface area contributed by atoms with Gasteiger partial charge in [0.05, 0.1) is 43.5 Å². The summed E-state index contributed by atoms with van der Waals surface area (Å²) < 4.78 is 0. The van der Waals surface area contributed by atoms with E-state index in [-0.39, 0.29) is 22.2 Å². The van der Waals surface area contributed by atoms with Gasteiger partial charge in [-0.05, 0) is 85.2 Å². The molecule has 0 bridgehead atoms. The Kier molecular flexibility index (Phi) is 9.60. The molecule has 0 aromatic rings. The van der Waals surface area contributed by atoms with Crippen LogP contribution in [0.1, 0.15) is 91.9 Å². The molecule has 0 spiro atoms. The SMILES string of the molecule is [C-]#[N+]C1=C(CCC2CCC(CNC3=C(C#N)/C(=C(\C#N)[N+]#[C-])CC(C)(C)C3)CC2)CC(C)(C)C/C1=C(\C#N)[N+]#[C-]. The van der Waals surface area contributed by atoms with Crippen LogP contribution in [0, 0.1) is 76.4 Å². The van der Waals surface area contributed by atoms with E-state index in [0.29, 0.717) is 47.1 Å². The van der Waals surface area contributed by atoms with Gasteiger partial charge < -0.3 is 5.32 Å². The summed E-state index contributed by atoms with van der Waals surface area (Å²) in [7, 11) is 0. The number of hydrogen-bond acceptors (Lipinski definition) is 4. The van der Waals surface area contributed by atoms with E-state index >= 15 is 0 Å². The molecule has 0 amide bonds. The second-order valence-electron chi connectivity index (χ2n) is 13.0. The zero-order valence-corrected chi connectivity index (χ0v) is 24.1. The van der Waals surface area contributed by atoms with Gasteiger partial charge in [-0.3, -0.25) is 0 Å². The third-order valence-electron chi connectivity index (χ3n) is 8.54. The molecule has 1 N–H and O–H groups in total. The normalized spacial score (nSPS) is 26.1. The van der Waals surface area contributed by atoms with Gasteiger partial charge in [0.1, 0.15) is 0 Å². The van der Waals surface area contributed by atoms with E-state index in [1.807, 2.05) is 12.1 Å². The van der Waals surface area contributed by atoms with Crippen LogP contribution >= 0.6 is 0 Å². The van der Waals surface area contributed by atoms with E-state index in [4.69, 9.17) is 19.7 Å². The Balaban J connectivity index is 1.64.